The number of Topliss-reactive ketones (excluding diaryl/α,β-unsaturated/α-hetero) is 1. The Kier molecular flexibility index (Phi) is 5.71. The summed E-state index contributed by atoms with van der Waals surface area (Å²) >= 11 is 0. The van der Waals surface area contributed by atoms with Crippen molar-refractivity contribution in [1.29, 1.82) is 0 Å². The Morgan fingerprint density at radius 3 is 1.67 bits per heavy atom. The molecule has 1 aliphatic rings. The second-order valence-corrected chi connectivity index (χ2v) is 5.65. The van der Waals surface area contributed by atoms with E-state index in [0.717, 1.165) is 14.2 Å². The molecule has 0 spiro atoms. The number of ether oxygens (including phenoxy) is 3. The molecule has 1 saturated carbocycles. The first kappa shape index (κ1) is 19.6. The SMILES string of the molecule is C=C1CC(C(=O)OC)(C(=O)OC)CC(=C)C1(C(C)=O)C(=O)OCC. The Labute approximate surface area is 140 Å². The van der Waals surface area contributed by atoms with Crippen molar-refractivity contribution in [2.45, 2.75) is 26.7 Å². The molecule has 0 N–H and O–H groups in total. The highest BCUT2D eigenvalue weighted by Crippen LogP contribution is 2.53. The Bertz CT molecular complexity index is 578. The van der Waals surface area contributed by atoms with Crippen LogP contribution in [0, 0.1) is 10.8 Å². The minimum absolute atomic E-state index is 0.0560. The average Bonchev–Trinajstić information content (AvgIpc) is 2.52. The number of hydrogen-bond acceptors (Lipinski definition) is 7. The van der Waals surface area contributed by atoms with E-state index in [4.69, 9.17) is 14.2 Å². The maximum atomic E-state index is 12.5. The quantitative estimate of drug-likeness (QED) is 0.323. The molecular formula is C17H22O7. The van der Waals surface area contributed by atoms with Crippen molar-refractivity contribution in [3.63, 3.8) is 0 Å². The molecule has 0 heterocycles. The number of methoxy groups -OCH3 is 2. The van der Waals surface area contributed by atoms with Crippen LogP contribution in [0.3, 0.4) is 0 Å². The summed E-state index contributed by atoms with van der Waals surface area (Å²) in [7, 11) is 2.27. The molecule has 0 aromatic heterocycles. The Morgan fingerprint density at radius 2 is 1.38 bits per heavy atom. The van der Waals surface area contributed by atoms with Gasteiger partial charge in [0.25, 0.3) is 0 Å². The molecule has 1 fully saturated rings. The first-order valence-electron chi connectivity index (χ1n) is 7.36. The fourth-order valence-electron chi connectivity index (χ4n) is 3.24. The monoisotopic (exact) mass is 338 g/mol. The number of rotatable bonds is 5. The average molecular weight is 338 g/mol. The predicted molar refractivity (Wildman–Crippen MR) is 83.7 cm³/mol. The van der Waals surface area contributed by atoms with E-state index < -0.39 is 34.5 Å². The van der Waals surface area contributed by atoms with Gasteiger partial charge in [-0.15, -0.1) is 0 Å². The van der Waals surface area contributed by atoms with E-state index in [1.54, 1.807) is 6.92 Å². The van der Waals surface area contributed by atoms with Gasteiger partial charge in [-0.2, -0.15) is 0 Å². The van der Waals surface area contributed by atoms with Crippen LogP contribution in [0.2, 0.25) is 0 Å². The number of carbonyl (C=O) groups is 4. The topological polar surface area (TPSA) is 96.0 Å². The summed E-state index contributed by atoms with van der Waals surface area (Å²) in [6, 6.07) is 0. The zero-order chi connectivity index (χ0) is 18.7. The lowest BCUT2D eigenvalue weighted by Crippen LogP contribution is -2.53. The summed E-state index contributed by atoms with van der Waals surface area (Å²) in [5.41, 5.74) is -3.38. The van der Waals surface area contributed by atoms with E-state index in [0.29, 0.717) is 0 Å². The van der Waals surface area contributed by atoms with Crippen LogP contribution in [0.5, 0.6) is 0 Å². The maximum Gasteiger partial charge on any atom is 0.328 e. The molecule has 0 aliphatic heterocycles. The molecule has 0 amide bonds. The van der Waals surface area contributed by atoms with Gasteiger partial charge in [0.15, 0.2) is 16.6 Å². The molecule has 1 aliphatic carbocycles. The second kappa shape index (κ2) is 6.98. The van der Waals surface area contributed by atoms with Crippen molar-refractivity contribution >= 4 is 23.7 Å². The van der Waals surface area contributed by atoms with Crippen LogP contribution in [0.25, 0.3) is 0 Å². The van der Waals surface area contributed by atoms with Gasteiger partial charge in [0.1, 0.15) is 0 Å². The molecule has 0 bridgehead atoms. The molecule has 0 atom stereocenters. The molecule has 0 saturated heterocycles. The van der Waals surface area contributed by atoms with Crippen LogP contribution in [-0.2, 0) is 33.4 Å². The third kappa shape index (κ3) is 2.64. The standard InChI is InChI=1S/C17H22O7/c1-7-24-15(21)17(12(4)18)10(2)8-16(9-11(17)3,13(19)22-5)14(20)23-6/h2-3,7-9H2,1,4-6H3. The van der Waals surface area contributed by atoms with Crippen molar-refractivity contribution in [2.24, 2.45) is 10.8 Å². The van der Waals surface area contributed by atoms with Crippen LogP contribution < -0.4 is 0 Å². The van der Waals surface area contributed by atoms with E-state index in [9.17, 15) is 19.2 Å². The van der Waals surface area contributed by atoms with Crippen molar-refractivity contribution in [3.05, 3.63) is 24.3 Å². The summed E-state index contributed by atoms with van der Waals surface area (Å²) in [4.78, 5) is 49.3. The largest absolute Gasteiger partial charge is 0.468 e. The third-order valence-electron chi connectivity index (χ3n) is 4.35. The van der Waals surface area contributed by atoms with Gasteiger partial charge in [0, 0.05) is 0 Å². The molecule has 132 valence electrons. The molecule has 0 aromatic rings. The first-order chi connectivity index (χ1) is 11.1. The van der Waals surface area contributed by atoms with Crippen LogP contribution in [-0.4, -0.2) is 44.5 Å². The van der Waals surface area contributed by atoms with Crippen molar-refractivity contribution in [2.75, 3.05) is 20.8 Å². The molecular weight excluding hydrogens is 316 g/mol. The van der Waals surface area contributed by atoms with Crippen LogP contribution in [0.1, 0.15) is 26.7 Å². The molecule has 0 aromatic carbocycles. The van der Waals surface area contributed by atoms with Gasteiger partial charge in [-0.3, -0.25) is 19.2 Å². The van der Waals surface area contributed by atoms with Gasteiger partial charge in [-0.25, -0.2) is 0 Å². The fourth-order valence-corrected chi connectivity index (χ4v) is 3.24. The van der Waals surface area contributed by atoms with E-state index in [-0.39, 0.29) is 30.6 Å². The Morgan fingerprint density at radius 1 is 0.958 bits per heavy atom. The van der Waals surface area contributed by atoms with Gasteiger partial charge in [0.2, 0.25) is 0 Å². The molecule has 0 radical (unpaired) electrons. The zero-order valence-corrected chi connectivity index (χ0v) is 14.4. The highest BCUT2D eigenvalue weighted by molar-refractivity contribution is 6.11. The minimum atomic E-state index is -1.78. The van der Waals surface area contributed by atoms with E-state index in [2.05, 4.69) is 13.2 Å². The van der Waals surface area contributed by atoms with Crippen molar-refractivity contribution < 1.29 is 33.4 Å². The van der Waals surface area contributed by atoms with E-state index in [1.165, 1.54) is 6.92 Å². The van der Waals surface area contributed by atoms with Gasteiger partial charge in [0.05, 0.1) is 20.8 Å². The lowest BCUT2D eigenvalue weighted by Gasteiger charge is -2.43. The zero-order valence-electron chi connectivity index (χ0n) is 14.4. The van der Waals surface area contributed by atoms with Crippen molar-refractivity contribution in [1.82, 2.24) is 0 Å². The van der Waals surface area contributed by atoms with Crippen molar-refractivity contribution in [3.8, 4) is 0 Å². The fraction of sp³-hybridized carbons (Fsp3) is 0.529. The first-order valence-corrected chi connectivity index (χ1v) is 7.36. The number of carbonyl (C=O) groups excluding carboxylic acids is 4. The van der Waals surface area contributed by atoms with E-state index >= 15 is 0 Å². The Hall–Kier alpha value is -2.44. The minimum Gasteiger partial charge on any atom is -0.468 e. The summed E-state index contributed by atoms with van der Waals surface area (Å²) in [5.74, 6) is -3.01. The summed E-state index contributed by atoms with van der Waals surface area (Å²) in [5, 5.41) is 0. The molecule has 7 heteroatoms. The summed E-state index contributed by atoms with van der Waals surface area (Å²) < 4.78 is 14.5. The summed E-state index contributed by atoms with van der Waals surface area (Å²) in [6.45, 7) is 10.4. The highest BCUT2D eigenvalue weighted by atomic mass is 16.5. The summed E-state index contributed by atoms with van der Waals surface area (Å²) in [6.07, 6.45) is -0.548. The molecule has 0 unspecified atom stereocenters. The predicted octanol–water partition coefficient (Wildman–Crippen LogP) is 1.36. The molecule has 1 rings (SSSR count). The number of hydrogen-bond donors (Lipinski definition) is 0. The number of ketones is 1. The van der Waals surface area contributed by atoms with Crippen LogP contribution in [0.4, 0.5) is 0 Å². The lowest BCUT2D eigenvalue weighted by molar-refractivity contribution is -0.173. The van der Waals surface area contributed by atoms with Crippen LogP contribution in [0.15, 0.2) is 24.3 Å². The van der Waals surface area contributed by atoms with E-state index in [1.807, 2.05) is 0 Å². The Balaban J connectivity index is 3.49. The smallest absolute Gasteiger partial charge is 0.328 e. The van der Waals surface area contributed by atoms with Gasteiger partial charge in [-0.1, -0.05) is 13.2 Å². The normalized spacial score (nSPS) is 18.5. The third-order valence-corrected chi connectivity index (χ3v) is 4.35. The van der Waals surface area contributed by atoms with Gasteiger partial charge >= 0.3 is 17.9 Å². The number of esters is 3. The van der Waals surface area contributed by atoms with Gasteiger partial charge < -0.3 is 14.2 Å². The lowest BCUT2D eigenvalue weighted by atomic mass is 9.57. The highest BCUT2D eigenvalue weighted by Gasteiger charge is 2.62. The van der Waals surface area contributed by atoms with Gasteiger partial charge in [-0.05, 0) is 37.8 Å². The molecule has 7 nitrogen and oxygen atoms in total. The maximum absolute atomic E-state index is 12.5. The van der Waals surface area contributed by atoms with Crippen LogP contribution >= 0.6 is 0 Å². The second-order valence-electron chi connectivity index (χ2n) is 5.65. The molecule has 24 heavy (non-hydrogen) atoms.